The summed E-state index contributed by atoms with van der Waals surface area (Å²) in [5.41, 5.74) is 2.28. The Morgan fingerprint density at radius 1 is 1.36 bits per heavy atom. The third-order valence-electron chi connectivity index (χ3n) is 4.79. The van der Waals surface area contributed by atoms with Crippen LogP contribution in [-0.4, -0.2) is 36.2 Å². The van der Waals surface area contributed by atoms with Crippen LogP contribution in [0.5, 0.6) is 0 Å². The third kappa shape index (κ3) is 3.03. The average Bonchev–Trinajstić information content (AvgIpc) is 2.81. The molecule has 2 saturated heterocycles. The minimum atomic E-state index is -0.405. The normalized spacial score (nSPS) is 34.7. The highest BCUT2D eigenvalue weighted by Crippen LogP contribution is 2.46. The Labute approximate surface area is 145 Å². The van der Waals surface area contributed by atoms with Crippen LogP contribution in [0.2, 0.25) is 0 Å². The second kappa shape index (κ2) is 6.84. The van der Waals surface area contributed by atoms with Gasteiger partial charge in [-0.15, -0.1) is 0 Å². The van der Waals surface area contributed by atoms with Gasteiger partial charge in [0.15, 0.2) is 0 Å². The van der Waals surface area contributed by atoms with Gasteiger partial charge < -0.3 is 14.7 Å². The molecule has 0 spiro atoms. The molecule has 0 amide bonds. The predicted octanol–water partition coefficient (Wildman–Crippen LogP) is 3.33. The summed E-state index contributed by atoms with van der Waals surface area (Å²) in [6.07, 6.45) is 2.04. The summed E-state index contributed by atoms with van der Waals surface area (Å²) in [6, 6.07) is 8.66. The van der Waals surface area contributed by atoms with Crippen LogP contribution in [0, 0.1) is 9.49 Å². The van der Waals surface area contributed by atoms with Crippen molar-refractivity contribution >= 4 is 28.3 Å². The fraction of sp³-hybridized carbons (Fsp3) is 0.588. The SMILES string of the molecule is CCC(=NOC)[C@H]1[C@@H](c2ccc(I)cc2)CC2CC(O)[C@@H]1O2. The smallest absolute Gasteiger partial charge is 0.106 e. The zero-order valence-electron chi connectivity index (χ0n) is 12.9. The van der Waals surface area contributed by atoms with E-state index in [0.29, 0.717) is 5.92 Å². The van der Waals surface area contributed by atoms with Crippen molar-refractivity contribution in [1.29, 1.82) is 0 Å². The second-order valence-corrected chi connectivity index (χ2v) is 7.31. The van der Waals surface area contributed by atoms with Crippen LogP contribution in [0.15, 0.2) is 29.4 Å². The Bertz CT molecular complexity index is 545. The molecule has 5 atom stereocenters. The van der Waals surface area contributed by atoms with Crippen LogP contribution >= 0.6 is 22.6 Å². The molecule has 120 valence electrons. The summed E-state index contributed by atoms with van der Waals surface area (Å²) in [7, 11) is 1.58. The molecule has 2 heterocycles. The van der Waals surface area contributed by atoms with Crippen LogP contribution < -0.4 is 0 Å². The van der Waals surface area contributed by atoms with E-state index in [2.05, 4.69) is 58.9 Å². The lowest BCUT2D eigenvalue weighted by atomic mass is 9.75. The Morgan fingerprint density at radius 2 is 2.09 bits per heavy atom. The van der Waals surface area contributed by atoms with Gasteiger partial charge >= 0.3 is 0 Å². The van der Waals surface area contributed by atoms with Gasteiger partial charge in [-0.25, -0.2) is 0 Å². The molecule has 3 rings (SSSR count). The van der Waals surface area contributed by atoms with Gasteiger partial charge in [-0.05, 0) is 59.0 Å². The standard InChI is InChI=1S/C17H22INO3/c1-3-14(19-21-2)16-13(10-4-6-11(18)7-5-10)8-12-9-15(20)17(16)22-12/h4-7,12-13,15-17,20H,3,8-9H2,1-2H3/t12?,13-,15?,16-,17+/m1/s1. The van der Waals surface area contributed by atoms with Gasteiger partial charge in [0.05, 0.1) is 24.0 Å². The minimum absolute atomic E-state index is 0.0822. The number of hydrogen-bond acceptors (Lipinski definition) is 4. The zero-order chi connectivity index (χ0) is 15.7. The van der Waals surface area contributed by atoms with E-state index < -0.39 is 6.10 Å². The van der Waals surface area contributed by atoms with E-state index in [9.17, 15) is 5.11 Å². The number of fused-ring (bicyclic) bond motifs is 2. The fourth-order valence-electron chi connectivity index (χ4n) is 3.86. The maximum absolute atomic E-state index is 10.4. The molecule has 0 aromatic heterocycles. The number of oxime groups is 1. The van der Waals surface area contributed by atoms with Crippen molar-refractivity contribution in [1.82, 2.24) is 0 Å². The molecule has 2 aliphatic heterocycles. The molecule has 2 aliphatic rings. The Hall–Kier alpha value is -0.660. The van der Waals surface area contributed by atoms with Crippen molar-refractivity contribution in [3.63, 3.8) is 0 Å². The number of ether oxygens (including phenoxy) is 1. The first-order valence-electron chi connectivity index (χ1n) is 7.83. The molecule has 5 heteroatoms. The predicted molar refractivity (Wildman–Crippen MR) is 94.0 cm³/mol. The quantitative estimate of drug-likeness (QED) is 0.467. The van der Waals surface area contributed by atoms with Gasteiger partial charge in [-0.2, -0.15) is 0 Å². The van der Waals surface area contributed by atoms with Crippen molar-refractivity contribution in [2.75, 3.05) is 7.11 Å². The van der Waals surface area contributed by atoms with Crippen molar-refractivity contribution in [3.8, 4) is 0 Å². The first-order valence-corrected chi connectivity index (χ1v) is 8.90. The van der Waals surface area contributed by atoms with Gasteiger partial charge in [0.1, 0.15) is 7.11 Å². The minimum Gasteiger partial charge on any atom is -0.399 e. The van der Waals surface area contributed by atoms with E-state index in [1.165, 1.54) is 9.13 Å². The number of nitrogens with zero attached hydrogens (tertiary/aromatic N) is 1. The summed E-state index contributed by atoms with van der Waals surface area (Å²) in [5, 5.41) is 14.6. The largest absolute Gasteiger partial charge is 0.399 e. The number of benzene rings is 1. The van der Waals surface area contributed by atoms with E-state index >= 15 is 0 Å². The summed E-state index contributed by atoms with van der Waals surface area (Å²) < 4.78 is 7.27. The molecule has 0 aliphatic carbocycles. The molecule has 0 saturated carbocycles. The van der Waals surface area contributed by atoms with Crippen molar-refractivity contribution in [3.05, 3.63) is 33.4 Å². The van der Waals surface area contributed by atoms with E-state index in [1.54, 1.807) is 7.11 Å². The number of aliphatic hydroxyl groups excluding tert-OH is 1. The number of halogens is 1. The lowest BCUT2D eigenvalue weighted by molar-refractivity contribution is -0.0509. The van der Waals surface area contributed by atoms with Gasteiger partial charge in [-0.1, -0.05) is 24.2 Å². The van der Waals surface area contributed by atoms with Crippen molar-refractivity contribution in [2.24, 2.45) is 11.1 Å². The molecule has 1 aromatic carbocycles. The monoisotopic (exact) mass is 415 g/mol. The second-order valence-electron chi connectivity index (χ2n) is 6.06. The van der Waals surface area contributed by atoms with Crippen LogP contribution in [0.1, 0.15) is 37.7 Å². The first-order chi connectivity index (χ1) is 10.6. The van der Waals surface area contributed by atoms with Crippen LogP contribution in [0.25, 0.3) is 0 Å². The molecule has 1 aromatic rings. The van der Waals surface area contributed by atoms with Crippen molar-refractivity contribution in [2.45, 2.75) is 50.4 Å². The molecule has 2 unspecified atom stereocenters. The number of hydrogen-bond donors (Lipinski definition) is 1. The van der Waals surface area contributed by atoms with Gasteiger partial charge in [0, 0.05) is 15.9 Å². The van der Waals surface area contributed by atoms with Crippen LogP contribution in [0.3, 0.4) is 0 Å². The van der Waals surface area contributed by atoms with E-state index in [-0.39, 0.29) is 18.1 Å². The molecule has 2 bridgehead atoms. The Morgan fingerprint density at radius 3 is 2.73 bits per heavy atom. The summed E-state index contributed by atoms with van der Waals surface area (Å²) in [5.74, 6) is 0.408. The Kier molecular flexibility index (Phi) is 5.04. The molecular weight excluding hydrogens is 393 g/mol. The number of aliphatic hydroxyl groups is 1. The summed E-state index contributed by atoms with van der Waals surface area (Å²) >= 11 is 2.32. The third-order valence-corrected chi connectivity index (χ3v) is 5.51. The van der Waals surface area contributed by atoms with Crippen LogP contribution in [0.4, 0.5) is 0 Å². The molecule has 2 fully saturated rings. The van der Waals surface area contributed by atoms with E-state index in [0.717, 1.165) is 25.0 Å². The molecule has 1 N–H and O–H groups in total. The summed E-state index contributed by atoms with van der Waals surface area (Å²) in [4.78, 5) is 5.04. The lowest BCUT2D eigenvalue weighted by Crippen LogP contribution is -2.42. The highest BCUT2D eigenvalue weighted by molar-refractivity contribution is 14.1. The van der Waals surface area contributed by atoms with E-state index in [1.807, 2.05) is 0 Å². The van der Waals surface area contributed by atoms with Gasteiger partial charge in [0.2, 0.25) is 0 Å². The highest BCUT2D eigenvalue weighted by atomic mass is 127. The molecule has 4 nitrogen and oxygen atoms in total. The van der Waals surface area contributed by atoms with Crippen LogP contribution in [-0.2, 0) is 9.57 Å². The average molecular weight is 415 g/mol. The zero-order valence-corrected chi connectivity index (χ0v) is 15.1. The molecule has 0 radical (unpaired) electrons. The number of rotatable bonds is 4. The maximum atomic E-state index is 10.4. The van der Waals surface area contributed by atoms with Gasteiger partial charge in [-0.3, -0.25) is 0 Å². The lowest BCUT2D eigenvalue weighted by Gasteiger charge is -2.38. The topological polar surface area (TPSA) is 51.0 Å². The van der Waals surface area contributed by atoms with Gasteiger partial charge in [0.25, 0.3) is 0 Å². The first kappa shape index (κ1) is 16.2. The fourth-order valence-corrected chi connectivity index (χ4v) is 4.22. The Balaban J connectivity index is 1.98. The highest BCUT2D eigenvalue weighted by Gasteiger charge is 2.50. The molecule has 22 heavy (non-hydrogen) atoms. The summed E-state index contributed by atoms with van der Waals surface area (Å²) in [6.45, 7) is 2.08. The maximum Gasteiger partial charge on any atom is 0.106 e. The van der Waals surface area contributed by atoms with E-state index in [4.69, 9.17) is 9.57 Å². The molecular formula is C17H22INO3. The van der Waals surface area contributed by atoms with Crippen molar-refractivity contribution < 1.29 is 14.7 Å².